The smallest absolute Gasteiger partial charge is 0.416 e. The number of phenols is 1. The van der Waals surface area contributed by atoms with E-state index < -0.39 is 23.4 Å². The van der Waals surface area contributed by atoms with Crippen LogP contribution in [0.1, 0.15) is 54.4 Å². The third kappa shape index (κ3) is 4.54. The highest BCUT2D eigenvalue weighted by atomic mass is 32.2. The molecule has 0 spiro atoms. The van der Waals surface area contributed by atoms with Crippen molar-refractivity contribution in [1.82, 2.24) is 10.2 Å². The van der Waals surface area contributed by atoms with Gasteiger partial charge in [-0.25, -0.2) is 0 Å². The molecular weight excluding hydrogens is 377 g/mol. The van der Waals surface area contributed by atoms with Crippen molar-refractivity contribution in [3.63, 3.8) is 0 Å². The van der Waals surface area contributed by atoms with Crippen LogP contribution in [0, 0.1) is 0 Å². The number of halogens is 3. The number of aromatic hydroxyl groups is 1. The Morgan fingerprint density at radius 2 is 1.85 bits per heavy atom. The summed E-state index contributed by atoms with van der Waals surface area (Å²) in [6.07, 6.45) is 3.35. The number of hydrogen-bond acceptors (Lipinski definition) is 4. The van der Waals surface area contributed by atoms with E-state index in [0.29, 0.717) is 6.07 Å². The molecule has 2 fully saturated rings. The lowest BCUT2D eigenvalue weighted by molar-refractivity contribution is -0.137. The van der Waals surface area contributed by atoms with Gasteiger partial charge in [0.1, 0.15) is 5.75 Å². The number of amides is 1. The Morgan fingerprint density at radius 3 is 2.48 bits per heavy atom. The number of likely N-dealkylation sites (tertiary alicyclic amines) is 1. The van der Waals surface area contributed by atoms with E-state index in [4.69, 9.17) is 0 Å². The summed E-state index contributed by atoms with van der Waals surface area (Å²) in [4.78, 5) is 15.4. The van der Waals surface area contributed by atoms with Crippen LogP contribution in [0.4, 0.5) is 13.2 Å². The highest BCUT2D eigenvalue weighted by Crippen LogP contribution is 2.38. The van der Waals surface area contributed by atoms with Crippen molar-refractivity contribution in [3.05, 3.63) is 23.3 Å². The molecule has 1 amide bonds. The summed E-state index contributed by atoms with van der Waals surface area (Å²) in [5.41, 5.74) is -1.02. The van der Waals surface area contributed by atoms with Crippen LogP contribution in [0.2, 0.25) is 0 Å². The van der Waals surface area contributed by atoms with Crippen molar-refractivity contribution in [1.29, 1.82) is 0 Å². The van der Waals surface area contributed by atoms with Gasteiger partial charge in [-0.15, -0.1) is 11.8 Å². The van der Waals surface area contributed by atoms with E-state index in [-0.39, 0.29) is 22.5 Å². The predicted octanol–water partition coefficient (Wildman–Crippen LogP) is 4.27. The van der Waals surface area contributed by atoms with Crippen molar-refractivity contribution in [2.45, 2.75) is 61.7 Å². The standard InChI is InChI=1S/C19H25F3N2O2S/c1-27-16-11-12(19(20,21)22)10-15(25)17(16)18(26)23-13-6-2-3-7-14(13)24-8-4-5-9-24/h10-11,13-14,25H,2-9H2,1H3,(H,23,26)/t13-,14+/m1/s1. The number of carbonyl (C=O) groups excluding carboxylic acids is 1. The van der Waals surface area contributed by atoms with Gasteiger partial charge in [-0.05, 0) is 57.2 Å². The Kier molecular flexibility index (Phi) is 6.25. The molecule has 1 aliphatic carbocycles. The maximum absolute atomic E-state index is 13.0. The van der Waals surface area contributed by atoms with Gasteiger partial charge in [-0.1, -0.05) is 12.8 Å². The molecule has 1 aromatic carbocycles. The number of nitrogens with one attached hydrogen (secondary N) is 1. The fraction of sp³-hybridized carbons (Fsp3) is 0.632. The molecular formula is C19H25F3N2O2S. The molecule has 27 heavy (non-hydrogen) atoms. The van der Waals surface area contributed by atoms with Crippen molar-refractivity contribution >= 4 is 17.7 Å². The topological polar surface area (TPSA) is 52.6 Å². The third-order valence-electron chi connectivity index (χ3n) is 5.51. The molecule has 2 atom stereocenters. The first-order chi connectivity index (χ1) is 12.8. The third-order valence-corrected chi connectivity index (χ3v) is 6.27. The van der Waals surface area contributed by atoms with Crippen LogP contribution < -0.4 is 5.32 Å². The second-order valence-electron chi connectivity index (χ2n) is 7.25. The van der Waals surface area contributed by atoms with E-state index in [0.717, 1.165) is 69.4 Å². The first-order valence-corrected chi connectivity index (χ1v) is 10.6. The van der Waals surface area contributed by atoms with Crippen molar-refractivity contribution < 1.29 is 23.1 Å². The number of alkyl halides is 3. The van der Waals surface area contributed by atoms with Crippen LogP contribution >= 0.6 is 11.8 Å². The minimum absolute atomic E-state index is 0.0410. The summed E-state index contributed by atoms with van der Waals surface area (Å²) in [7, 11) is 0. The SMILES string of the molecule is CSc1cc(C(F)(F)F)cc(O)c1C(=O)N[C@@H]1CCCC[C@@H]1N1CCCC1. The minimum Gasteiger partial charge on any atom is -0.507 e. The van der Waals surface area contributed by atoms with Crippen LogP contribution in [-0.2, 0) is 6.18 Å². The zero-order chi connectivity index (χ0) is 19.6. The predicted molar refractivity (Wildman–Crippen MR) is 99.2 cm³/mol. The Balaban J connectivity index is 1.82. The van der Waals surface area contributed by atoms with Crippen molar-refractivity contribution in [2.24, 2.45) is 0 Å². The van der Waals surface area contributed by atoms with Gasteiger partial charge in [-0.3, -0.25) is 9.69 Å². The zero-order valence-electron chi connectivity index (χ0n) is 15.3. The number of carbonyl (C=O) groups is 1. The maximum Gasteiger partial charge on any atom is 0.416 e. The molecule has 2 N–H and O–H groups in total. The van der Waals surface area contributed by atoms with Gasteiger partial charge in [0.25, 0.3) is 5.91 Å². The maximum atomic E-state index is 13.0. The molecule has 4 nitrogen and oxygen atoms in total. The molecule has 0 unspecified atom stereocenters. The largest absolute Gasteiger partial charge is 0.507 e. The van der Waals surface area contributed by atoms with E-state index >= 15 is 0 Å². The molecule has 1 aliphatic heterocycles. The second-order valence-corrected chi connectivity index (χ2v) is 8.09. The van der Waals surface area contributed by atoms with Gasteiger partial charge in [0.05, 0.1) is 11.1 Å². The number of phenolic OH excluding ortho intramolecular Hbond substituents is 1. The summed E-state index contributed by atoms with van der Waals surface area (Å²) in [5.74, 6) is -1.12. The molecule has 1 heterocycles. The molecule has 0 radical (unpaired) electrons. The average molecular weight is 402 g/mol. The zero-order valence-corrected chi connectivity index (χ0v) is 16.1. The minimum atomic E-state index is -4.57. The Labute approximate surface area is 161 Å². The summed E-state index contributed by atoms with van der Waals surface area (Å²) in [5, 5.41) is 13.2. The van der Waals surface area contributed by atoms with Gasteiger partial charge < -0.3 is 10.4 Å². The van der Waals surface area contributed by atoms with E-state index in [9.17, 15) is 23.1 Å². The van der Waals surface area contributed by atoms with Crippen LogP contribution in [0.25, 0.3) is 0 Å². The van der Waals surface area contributed by atoms with Crippen LogP contribution in [0.5, 0.6) is 5.75 Å². The van der Waals surface area contributed by atoms with Crippen LogP contribution in [0.15, 0.2) is 17.0 Å². The molecule has 3 rings (SSSR count). The monoisotopic (exact) mass is 402 g/mol. The van der Waals surface area contributed by atoms with E-state index in [1.54, 1.807) is 6.26 Å². The highest BCUT2D eigenvalue weighted by Gasteiger charge is 2.35. The van der Waals surface area contributed by atoms with E-state index in [1.807, 2.05) is 0 Å². The second kappa shape index (κ2) is 8.31. The number of thioether (sulfide) groups is 1. The molecule has 1 saturated heterocycles. The molecule has 150 valence electrons. The molecule has 0 bridgehead atoms. The summed E-state index contributed by atoms with van der Waals surface area (Å²) in [6.45, 7) is 2.05. The van der Waals surface area contributed by atoms with Gasteiger partial charge in [-0.2, -0.15) is 13.2 Å². The quantitative estimate of drug-likeness (QED) is 0.739. The lowest BCUT2D eigenvalue weighted by Gasteiger charge is -2.38. The molecule has 1 saturated carbocycles. The fourth-order valence-electron chi connectivity index (χ4n) is 4.18. The molecule has 0 aromatic heterocycles. The normalized spacial score (nSPS) is 24.1. The molecule has 8 heteroatoms. The number of nitrogens with zero attached hydrogens (tertiary/aromatic N) is 1. The number of rotatable bonds is 4. The van der Waals surface area contributed by atoms with Crippen molar-refractivity contribution in [3.8, 4) is 5.75 Å². The van der Waals surface area contributed by atoms with E-state index in [1.165, 1.54) is 0 Å². The fourth-order valence-corrected chi connectivity index (χ4v) is 4.83. The highest BCUT2D eigenvalue weighted by molar-refractivity contribution is 7.98. The van der Waals surface area contributed by atoms with Gasteiger partial charge in [0.2, 0.25) is 0 Å². The Morgan fingerprint density at radius 1 is 1.19 bits per heavy atom. The van der Waals surface area contributed by atoms with Gasteiger partial charge >= 0.3 is 6.18 Å². The summed E-state index contributed by atoms with van der Waals surface area (Å²) < 4.78 is 39.0. The lowest BCUT2D eigenvalue weighted by atomic mass is 9.89. The number of hydrogen-bond donors (Lipinski definition) is 2. The van der Waals surface area contributed by atoms with Crippen molar-refractivity contribution in [2.75, 3.05) is 19.3 Å². The Bertz CT molecular complexity index is 690. The average Bonchev–Trinajstić information content (AvgIpc) is 3.15. The molecule has 2 aliphatic rings. The van der Waals surface area contributed by atoms with Crippen LogP contribution in [0.3, 0.4) is 0 Å². The lowest BCUT2D eigenvalue weighted by Crippen LogP contribution is -2.52. The summed E-state index contributed by atoms with van der Waals surface area (Å²) in [6, 6.07) is 1.78. The first-order valence-electron chi connectivity index (χ1n) is 9.34. The van der Waals surface area contributed by atoms with E-state index in [2.05, 4.69) is 10.2 Å². The first kappa shape index (κ1) is 20.3. The molecule has 1 aromatic rings. The van der Waals surface area contributed by atoms with Gasteiger partial charge in [0.15, 0.2) is 0 Å². The summed E-state index contributed by atoms with van der Waals surface area (Å²) >= 11 is 1.03. The Hall–Kier alpha value is -1.41. The van der Waals surface area contributed by atoms with Crippen LogP contribution in [-0.4, -0.2) is 47.3 Å². The number of benzene rings is 1. The van der Waals surface area contributed by atoms with Gasteiger partial charge in [0, 0.05) is 17.0 Å².